The highest BCUT2D eigenvalue weighted by atomic mass is 16.1. The summed E-state index contributed by atoms with van der Waals surface area (Å²) in [5.74, 6) is 0.545. The van der Waals surface area contributed by atoms with Crippen molar-refractivity contribution in [3.05, 3.63) is 47.3 Å². The molecule has 1 aliphatic heterocycles. The van der Waals surface area contributed by atoms with Gasteiger partial charge in [0.2, 0.25) is 0 Å². The van der Waals surface area contributed by atoms with E-state index in [1.54, 1.807) is 0 Å². The monoisotopic (exact) mass is 298 g/mol. The molecule has 1 aromatic carbocycles. The minimum absolute atomic E-state index is 0.00508. The van der Waals surface area contributed by atoms with E-state index in [2.05, 4.69) is 12.2 Å². The average molecular weight is 298 g/mol. The van der Waals surface area contributed by atoms with Crippen molar-refractivity contribution in [1.29, 1.82) is 5.26 Å². The van der Waals surface area contributed by atoms with Crippen LogP contribution in [0.5, 0.6) is 0 Å². The van der Waals surface area contributed by atoms with Crippen molar-refractivity contribution in [3.8, 4) is 6.07 Å². The predicted molar refractivity (Wildman–Crippen MR) is 85.1 cm³/mol. The Morgan fingerprint density at radius 1 is 1.36 bits per heavy atom. The molecule has 0 spiro atoms. The summed E-state index contributed by atoms with van der Waals surface area (Å²) in [6.07, 6.45) is 2.07. The van der Waals surface area contributed by atoms with E-state index < -0.39 is 5.91 Å². The minimum atomic E-state index is -0.414. The number of carbonyl (C=O) groups excluding carboxylic acids is 1. The van der Waals surface area contributed by atoms with E-state index in [0.717, 1.165) is 31.5 Å². The zero-order chi connectivity index (χ0) is 15.9. The summed E-state index contributed by atoms with van der Waals surface area (Å²) in [6.45, 7) is 4.18. The summed E-state index contributed by atoms with van der Waals surface area (Å²) in [6, 6.07) is 11.5. The molecule has 0 aromatic heterocycles. The first-order valence-corrected chi connectivity index (χ1v) is 7.58. The molecule has 1 aliphatic rings. The standard InChI is InChI=1S/C17H22N4O/c1-13-7-9-21(10-8-13)16(19)15(11-18)17(22)20-12-14-5-3-2-4-6-14/h2-6,13H,7-10,12,19H2,1H3,(H,20,22). The van der Waals surface area contributed by atoms with Crippen LogP contribution in [0.15, 0.2) is 41.7 Å². The number of carbonyl (C=O) groups is 1. The molecule has 1 saturated heterocycles. The van der Waals surface area contributed by atoms with Crippen LogP contribution < -0.4 is 11.1 Å². The van der Waals surface area contributed by atoms with Gasteiger partial charge in [-0.3, -0.25) is 4.79 Å². The van der Waals surface area contributed by atoms with Crippen molar-refractivity contribution in [1.82, 2.24) is 10.2 Å². The van der Waals surface area contributed by atoms with E-state index in [0.29, 0.717) is 18.3 Å². The van der Waals surface area contributed by atoms with Gasteiger partial charge in [-0.25, -0.2) is 0 Å². The average Bonchev–Trinajstić information content (AvgIpc) is 2.55. The first-order chi connectivity index (χ1) is 10.6. The minimum Gasteiger partial charge on any atom is -0.384 e. The number of hydrogen-bond donors (Lipinski definition) is 2. The second-order valence-electron chi connectivity index (χ2n) is 5.71. The lowest BCUT2D eigenvalue weighted by molar-refractivity contribution is -0.117. The first kappa shape index (κ1) is 15.9. The lowest BCUT2D eigenvalue weighted by atomic mass is 9.99. The highest BCUT2D eigenvalue weighted by molar-refractivity contribution is 5.97. The van der Waals surface area contributed by atoms with Gasteiger partial charge in [0.25, 0.3) is 5.91 Å². The molecule has 1 aromatic rings. The predicted octanol–water partition coefficient (Wildman–Crippen LogP) is 1.73. The molecule has 22 heavy (non-hydrogen) atoms. The summed E-state index contributed by atoms with van der Waals surface area (Å²) in [5.41, 5.74) is 7.03. The second-order valence-corrected chi connectivity index (χ2v) is 5.71. The molecule has 0 atom stereocenters. The number of likely N-dealkylation sites (tertiary alicyclic amines) is 1. The van der Waals surface area contributed by atoms with Crippen LogP contribution >= 0.6 is 0 Å². The number of rotatable bonds is 4. The van der Waals surface area contributed by atoms with Gasteiger partial charge in [0.1, 0.15) is 11.9 Å². The van der Waals surface area contributed by atoms with E-state index in [1.165, 1.54) is 0 Å². The van der Waals surface area contributed by atoms with Crippen LogP contribution in [0.4, 0.5) is 0 Å². The summed E-state index contributed by atoms with van der Waals surface area (Å²) in [4.78, 5) is 14.1. The normalized spacial score (nSPS) is 16.6. The molecule has 116 valence electrons. The highest BCUT2D eigenvalue weighted by Gasteiger charge is 2.21. The highest BCUT2D eigenvalue weighted by Crippen LogP contribution is 2.19. The van der Waals surface area contributed by atoms with Crippen LogP contribution in [-0.2, 0) is 11.3 Å². The van der Waals surface area contributed by atoms with E-state index in [4.69, 9.17) is 5.73 Å². The molecule has 1 fully saturated rings. The van der Waals surface area contributed by atoms with E-state index in [1.807, 2.05) is 41.3 Å². The van der Waals surface area contributed by atoms with Crippen molar-refractivity contribution >= 4 is 5.91 Å². The largest absolute Gasteiger partial charge is 0.384 e. The molecule has 2 rings (SSSR count). The molecule has 0 unspecified atom stereocenters. The molecule has 5 nitrogen and oxygen atoms in total. The number of benzene rings is 1. The van der Waals surface area contributed by atoms with Crippen LogP contribution in [-0.4, -0.2) is 23.9 Å². The number of nitrogens with zero attached hydrogens (tertiary/aromatic N) is 2. The van der Waals surface area contributed by atoms with Gasteiger partial charge >= 0.3 is 0 Å². The molecule has 0 bridgehead atoms. The van der Waals surface area contributed by atoms with Gasteiger partial charge < -0.3 is 16.0 Å². The Morgan fingerprint density at radius 3 is 2.59 bits per heavy atom. The Hall–Kier alpha value is -2.48. The van der Waals surface area contributed by atoms with Crippen molar-refractivity contribution in [2.45, 2.75) is 26.3 Å². The van der Waals surface area contributed by atoms with E-state index >= 15 is 0 Å². The Bertz CT molecular complexity index is 580. The third-order valence-electron chi connectivity index (χ3n) is 4.02. The molecule has 1 amide bonds. The van der Waals surface area contributed by atoms with E-state index in [9.17, 15) is 10.1 Å². The van der Waals surface area contributed by atoms with Crippen LogP contribution in [0.1, 0.15) is 25.3 Å². The number of nitrogens with two attached hydrogens (primary N) is 1. The van der Waals surface area contributed by atoms with Crippen LogP contribution in [0.3, 0.4) is 0 Å². The first-order valence-electron chi connectivity index (χ1n) is 7.58. The quantitative estimate of drug-likeness (QED) is 0.655. The van der Waals surface area contributed by atoms with Crippen LogP contribution in [0, 0.1) is 17.2 Å². The van der Waals surface area contributed by atoms with Gasteiger partial charge in [-0.15, -0.1) is 0 Å². The van der Waals surface area contributed by atoms with Gasteiger partial charge in [-0.2, -0.15) is 5.26 Å². The summed E-state index contributed by atoms with van der Waals surface area (Å²) >= 11 is 0. The fourth-order valence-electron chi connectivity index (χ4n) is 2.50. The van der Waals surface area contributed by atoms with Gasteiger partial charge in [0.05, 0.1) is 0 Å². The van der Waals surface area contributed by atoms with Gasteiger partial charge in [-0.1, -0.05) is 37.3 Å². The third kappa shape index (κ3) is 4.01. The van der Waals surface area contributed by atoms with Crippen LogP contribution in [0.2, 0.25) is 0 Å². The molecule has 0 radical (unpaired) electrons. The summed E-state index contributed by atoms with van der Waals surface area (Å²) < 4.78 is 0. The molecule has 3 N–H and O–H groups in total. The third-order valence-corrected chi connectivity index (χ3v) is 4.02. The topological polar surface area (TPSA) is 82.2 Å². The molecule has 0 aliphatic carbocycles. The van der Waals surface area contributed by atoms with E-state index in [-0.39, 0.29) is 5.57 Å². The SMILES string of the molecule is CC1CCN(C(N)=C(C#N)C(=O)NCc2ccccc2)CC1. The molecular weight excluding hydrogens is 276 g/mol. The zero-order valence-electron chi connectivity index (χ0n) is 12.9. The Morgan fingerprint density at radius 2 is 2.00 bits per heavy atom. The lowest BCUT2D eigenvalue weighted by Gasteiger charge is -2.32. The van der Waals surface area contributed by atoms with Crippen molar-refractivity contribution in [2.24, 2.45) is 11.7 Å². The Kier molecular flexibility index (Phi) is 5.42. The fraction of sp³-hybridized carbons (Fsp3) is 0.412. The maximum atomic E-state index is 12.2. The van der Waals surface area contributed by atoms with Crippen molar-refractivity contribution in [2.75, 3.05) is 13.1 Å². The maximum Gasteiger partial charge on any atom is 0.265 e. The van der Waals surface area contributed by atoms with Gasteiger partial charge in [-0.05, 0) is 24.3 Å². The molecular formula is C17H22N4O. The van der Waals surface area contributed by atoms with Crippen LogP contribution in [0.25, 0.3) is 0 Å². The summed E-state index contributed by atoms with van der Waals surface area (Å²) in [7, 11) is 0. The second kappa shape index (κ2) is 7.51. The van der Waals surface area contributed by atoms with Crippen molar-refractivity contribution < 1.29 is 4.79 Å². The number of nitrogens with one attached hydrogen (secondary N) is 1. The number of piperidine rings is 1. The Labute approximate surface area is 131 Å². The van der Waals surface area contributed by atoms with Crippen molar-refractivity contribution in [3.63, 3.8) is 0 Å². The molecule has 5 heteroatoms. The summed E-state index contributed by atoms with van der Waals surface area (Å²) in [5, 5.41) is 12.0. The number of amides is 1. The number of hydrogen-bond acceptors (Lipinski definition) is 4. The van der Waals surface area contributed by atoms with Gasteiger partial charge in [0.15, 0.2) is 5.57 Å². The fourth-order valence-corrected chi connectivity index (χ4v) is 2.50. The lowest BCUT2D eigenvalue weighted by Crippen LogP contribution is -2.38. The number of nitriles is 1. The smallest absolute Gasteiger partial charge is 0.265 e. The van der Waals surface area contributed by atoms with Gasteiger partial charge in [0, 0.05) is 19.6 Å². The maximum absolute atomic E-state index is 12.2. The zero-order valence-corrected chi connectivity index (χ0v) is 12.9. The molecule has 1 heterocycles. The Balaban J connectivity index is 2.01. The molecule has 0 saturated carbocycles.